The first-order valence-corrected chi connectivity index (χ1v) is 8.76. The number of amides is 1. The molecule has 0 fully saturated rings. The molecule has 1 heterocycles. The second-order valence-corrected chi connectivity index (χ2v) is 5.92. The highest BCUT2D eigenvalue weighted by molar-refractivity contribution is 6.04. The van der Waals surface area contributed by atoms with Crippen molar-refractivity contribution in [1.82, 2.24) is 9.78 Å². The van der Waals surface area contributed by atoms with Gasteiger partial charge in [-0.2, -0.15) is 5.10 Å². The Kier molecular flexibility index (Phi) is 6.94. The Morgan fingerprint density at radius 2 is 2.04 bits per heavy atom. The van der Waals surface area contributed by atoms with E-state index >= 15 is 0 Å². The van der Waals surface area contributed by atoms with Crippen LogP contribution in [-0.4, -0.2) is 15.7 Å². The van der Waals surface area contributed by atoms with Crippen molar-refractivity contribution in [2.75, 3.05) is 5.32 Å². The van der Waals surface area contributed by atoms with Crippen molar-refractivity contribution in [3.05, 3.63) is 90.5 Å². The fourth-order valence-electron chi connectivity index (χ4n) is 2.32. The van der Waals surface area contributed by atoms with E-state index in [1.807, 2.05) is 57.2 Å². The van der Waals surface area contributed by atoms with Crippen LogP contribution in [0, 0.1) is 0 Å². The van der Waals surface area contributed by atoms with E-state index in [9.17, 15) is 4.79 Å². The Labute approximate surface area is 160 Å². The third kappa shape index (κ3) is 5.31. The highest BCUT2D eigenvalue weighted by atomic mass is 16.5. The second-order valence-electron chi connectivity index (χ2n) is 5.92. The van der Waals surface area contributed by atoms with Crippen LogP contribution in [0.2, 0.25) is 0 Å². The molecule has 0 saturated heterocycles. The minimum absolute atomic E-state index is 0.285. The summed E-state index contributed by atoms with van der Waals surface area (Å²) in [5, 5.41) is 7.11. The maximum atomic E-state index is 12.5. The van der Waals surface area contributed by atoms with Crippen molar-refractivity contribution >= 4 is 17.4 Å². The molecule has 140 valence electrons. The number of hydrogen-bond acceptors (Lipinski definition) is 3. The lowest BCUT2D eigenvalue weighted by Crippen LogP contribution is -2.14. The fourth-order valence-corrected chi connectivity index (χ4v) is 2.32. The summed E-state index contributed by atoms with van der Waals surface area (Å²) in [6.07, 6.45) is 7.37. The topological polar surface area (TPSA) is 56.1 Å². The maximum Gasteiger partial charge on any atom is 0.276 e. The quantitative estimate of drug-likeness (QED) is 0.519. The molecule has 0 aliphatic heterocycles. The van der Waals surface area contributed by atoms with E-state index in [1.165, 1.54) is 0 Å². The van der Waals surface area contributed by atoms with Crippen LogP contribution in [0.25, 0.3) is 5.76 Å². The van der Waals surface area contributed by atoms with Gasteiger partial charge in [-0.1, -0.05) is 37.4 Å². The van der Waals surface area contributed by atoms with Gasteiger partial charge in [-0.15, -0.1) is 0 Å². The standard InChI is InChI=1S/C22H25N3O2/c1-6-8-13-21(16(3)4)27-17(5)18-11-9-10-12-19(18)23-22(26)20-14-15-25(7-2)24-20/h6,8-15H,3,5,7H2,1-2,4H3,(H,23,26)/b8-6-,21-13+. The summed E-state index contributed by atoms with van der Waals surface area (Å²) < 4.78 is 7.60. The van der Waals surface area contributed by atoms with Crippen LogP contribution in [-0.2, 0) is 11.3 Å². The molecule has 0 radical (unpaired) electrons. The van der Waals surface area contributed by atoms with Crippen LogP contribution in [0.1, 0.15) is 36.8 Å². The zero-order valence-electron chi connectivity index (χ0n) is 16.0. The number of para-hydroxylation sites is 1. The van der Waals surface area contributed by atoms with Crippen molar-refractivity contribution in [2.24, 2.45) is 0 Å². The van der Waals surface area contributed by atoms with E-state index in [4.69, 9.17) is 4.74 Å². The second kappa shape index (κ2) is 9.38. The largest absolute Gasteiger partial charge is 0.457 e. The molecular formula is C22H25N3O2. The molecule has 0 aliphatic carbocycles. The zero-order chi connectivity index (χ0) is 19.8. The molecule has 0 unspecified atom stereocenters. The minimum Gasteiger partial charge on any atom is -0.457 e. The third-order valence-electron chi connectivity index (χ3n) is 3.77. The number of aryl methyl sites for hydroxylation is 1. The Morgan fingerprint density at radius 1 is 1.30 bits per heavy atom. The van der Waals surface area contributed by atoms with Crippen LogP contribution >= 0.6 is 0 Å². The highest BCUT2D eigenvalue weighted by Gasteiger charge is 2.14. The lowest BCUT2D eigenvalue weighted by Gasteiger charge is -2.15. The number of rotatable bonds is 8. The minimum atomic E-state index is -0.285. The summed E-state index contributed by atoms with van der Waals surface area (Å²) in [7, 11) is 0. The molecule has 5 heteroatoms. The number of benzene rings is 1. The number of carbonyl (C=O) groups excluding carboxylic acids is 1. The predicted octanol–water partition coefficient (Wildman–Crippen LogP) is 5.18. The smallest absolute Gasteiger partial charge is 0.276 e. The van der Waals surface area contributed by atoms with E-state index in [0.29, 0.717) is 35.0 Å². The average Bonchev–Trinajstić information content (AvgIpc) is 3.14. The summed E-state index contributed by atoms with van der Waals surface area (Å²) in [4.78, 5) is 12.5. The summed E-state index contributed by atoms with van der Waals surface area (Å²) in [5.74, 6) is 0.747. The van der Waals surface area contributed by atoms with Crippen molar-refractivity contribution < 1.29 is 9.53 Å². The van der Waals surface area contributed by atoms with Crippen LogP contribution in [0.3, 0.4) is 0 Å². The van der Waals surface area contributed by atoms with Crippen molar-refractivity contribution in [3.63, 3.8) is 0 Å². The number of allylic oxidation sites excluding steroid dienone is 4. The van der Waals surface area contributed by atoms with E-state index in [1.54, 1.807) is 23.0 Å². The lowest BCUT2D eigenvalue weighted by atomic mass is 10.1. The Morgan fingerprint density at radius 3 is 2.67 bits per heavy atom. The molecule has 0 bridgehead atoms. The van der Waals surface area contributed by atoms with Gasteiger partial charge < -0.3 is 10.1 Å². The number of ether oxygens (including phenoxy) is 1. The lowest BCUT2D eigenvalue weighted by molar-refractivity contribution is 0.102. The number of carbonyl (C=O) groups is 1. The van der Waals surface area contributed by atoms with Crippen LogP contribution in [0.5, 0.6) is 0 Å². The van der Waals surface area contributed by atoms with E-state index in [2.05, 4.69) is 23.6 Å². The molecule has 1 aromatic heterocycles. The first-order valence-electron chi connectivity index (χ1n) is 8.76. The predicted molar refractivity (Wildman–Crippen MR) is 110 cm³/mol. The monoisotopic (exact) mass is 363 g/mol. The maximum absolute atomic E-state index is 12.5. The Hall–Kier alpha value is -3.34. The molecule has 2 rings (SSSR count). The molecule has 27 heavy (non-hydrogen) atoms. The number of nitrogens with one attached hydrogen (secondary N) is 1. The SMILES string of the molecule is C=C(C)/C(=C\C=C/C)OC(=C)c1ccccc1NC(=O)c1ccn(CC)n1. The normalized spacial score (nSPS) is 11.4. The molecule has 1 amide bonds. The fraction of sp³-hybridized carbons (Fsp3) is 0.182. The van der Waals surface area contributed by atoms with Gasteiger partial charge in [0.25, 0.3) is 5.91 Å². The molecule has 1 aromatic carbocycles. The van der Waals surface area contributed by atoms with Crippen molar-refractivity contribution in [3.8, 4) is 0 Å². The van der Waals surface area contributed by atoms with Gasteiger partial charge in [-0.3, -0.25) is 9.48 Å². The molecule has 0 spiro atoms. The number of hydrogen-bond donors (Lipinski definition) is 1. The van der Waals surface area contributed by atoms with Gasteiger partial charge in [-0.25, -0.2) is 0 Å². The Balaban J connectivity index is 2.22. The van der Waals surface area contributed by atoms with Crippen molar-refractivity contribution in [2.45, 2.75) is 27.3 Å². The van der Waals surface area contributed by atoms with E-state index in [0.717, 1.165) is 5.57 Å². The number of nitrogens with zero attached hydrogens (tertiary/aromatic N) is 2. The average molecular weight is 363 g/mol. The van der Waals surface area contributed by atoms with Gasteiger partial charge >= 0.3 is 0 Å². The summed E-state index contributed by atoms with van der Waals surface area (Å²) >= 11 is 0. The molecule has 0 aliphatic rings. The van der Waals surface area contributed by atoms with E-state index < -0.39 is 0 Å². The van der Waals surface area contributed by atoms with Gasteiger partial charge in [0, 0.05) is 18.3 Å². The van der Waals surface area contributed by atoms with Crippen molar-refractivity contribution in [1.29, 1.82) is 0 Å². The zero-order valence-corrected chi connectivity index (χ0v) is 16.0. The van der Waals surface area contributed by atoms with Gasteiger partial charge in [-0.05, 0) is 50.6 Å². The van der Waals surface area contributed by atoms with E-state index in [-0.39, 0.29) is 5.91 Å². The first kappa shape index (κ1) is 20.0. The van der Waals surface area contributed by atoms with Crippen LogP contribution in [0.15, 0.2) is 79.2 Å². The summed E-state index contributed by atoms with van der Waals surface area (Å²) in [6.45, 7) is 14.4. The first-order chi connectivity index (χ1) is 13.0. The van der Waals surface area contributed by atoms with Crippen LogP contribution in [0.4, 0.5) is 5.69 Å². The molecule has 5 nitrogen and oxygen atoms in total. The summed E-state index contributed by atoms with van der Waals surface area (Å²) in [5.41, 5.74) is 2.42. The van der Waals surface area contributed by atoms with Gasteiger partial charge in [0.05, 0.1) is 5.69 Å². The molecule has 2 aromatic rings. The highest BCUT2D eigenvalue weighted by Crippen LogP contribution is 2.27. The molecule has 0 saturated carbocycles. The van der Waals surface area contributed by atoms with Crippen LogP contribution < -0.4 is 5.32 Å². The number of anilines is 1. The molecule has 0 atom stereocenters. The molecular weight excluding hydrogens is 338 g/mol. The van der Waals surface area contributed by atoms with Gasteiger partial charge in [0.1, 0.15) is 11.5 Å². The third-order valence-corrected chi connectivity index (χ3v) is 3.77. The molecule has 1 N–H and O–H groups in total. The van der Waals surface area contributed by atoms with Gasteiger partial charge in [0.2, 0.25) is 0 Å². The Bertz CT molecular complexity index is 904. The van der Waals surface area contributed by atoms with Gasteiger partial charge in [0.15, 0.2) is 5.69 Å². The number of aromatic nitrogens is 2. The summed E-state index contributed by atoms with van der Waals surface area (Å²) in [6, 6.07) is 9.03.